The van der Waals surface area contributed by atoms with E-state index in [1.165, 1.54) is 18.2 Å². The first-order chi connectivity index (χ1) is 9.50. The second-order valence-corrected chi connectivity index (χ2v) is 3.95. The Bertz CT molecular complexity index is 692. The smallest absolute Gasteiger partial charge is 0.348 e. The molecular formula is C11H7ClN4O4. The zero-order valence-electron chi connectivity index (χ0n) is 9.78. The molecule has 2 aromatic rings. The summed E-state index contributed by atoms with van der Waals surface area (Å²) in [6.07, 6.45) is 1.04. The molecule has 2 rings (SSSR count). The molecule has 1 heterocycles. The van der Waals surface area contributed by atoms with Crippen LogP contribution in [0.5, 0.6) is 0 Å². The van der Waals surface area contributed by atoms with Gasteiger partial charge in [0, 0.05) is 0 Å². The number of carboxylic acid groups (broad SMARTS) is 1. The van der Waals surface area contributed by atoms with Gasteiger partial charge in [-0.1, -0.05) is 23.7 Å². The van der Waals surface area contributed by atoms with Crippen molar-refractivity contribution in [2.45, 2.75) is 0 Å². The van der Waals surface area contributed by atoms with E-state index >= 15 is 0 Å². The molecule has 1 aromatic carbocycles. The standard InChI is InChI=1S/C11H7ClN4O4/c12-9-8(16(19)20)10(14-5-13-9)15-7-4-2-1-3-6(7)11(17)18/h1-5H,(H,17,18)(H,13,14,15). The highest BCUT2D eigenvalue weighted by atomic mass is 35.5. The van der Waals surface area contributed by atoms with E-state index in [1.54, 1.807) is 6.07 Å². The predicted molar refractivity (Wildman–Crippen MR) is 70.4 cm³/mol. The molecule has 0 saturated carbocycles. The molecule has 2 N–H and O–H groups in total. The summed E-state index contributed by atoms with van der Waals surface area (Å²) in [5.74, 6) is -1.35. The highest BCUT2D eigenvalue weighted by Gasteiger charge is 2.22. The van der Waals surface area contributed by atoms with Gasteiger partial charge in [-0.05, 0) is 12.1 Å². The molecule has 0 atom stereocenters. The average Bonchev–Trinajstić information content (AvgIpc) is 2.38. The van der Waals surface area contributed by atoms with Crippen LogP contribution >= 0.6 is 11.6 Å². The number of para-hydroxylation sites is 1. The second kappa shape index (κ2) is 5.49. The monoisotopic (exact) mass is 294 g/mol. The Labute approximate surface area is 117 Å². The first-order valence-electron chi connectivity index (χ1n) is 5.25. The van der Waals surface area contributed by atoms with Crippen LogP contribution in [0.3, 0.4) is 0 Å². The highest BCUT2D eigenvalue weighted by molar-refractivity contribution is 6.31. The molecule has 0 spiro atoms. The van der Waals surface area contributed by atoms with E-state index < -0.39 is 16.6 Å². The lowest BCUT2D eigenvalue weighted by atomic mass is 10.2. The Balaban J connectivity index is 2.49. The number of carboxylic acids is 1. The average molecular weight is 295 g/mol. The molecule has 9 heteroatoms. The number of benzene rings is 1. The number of nitrogens with one attached hydrogen (secondary N) is 1. The Morgan fingerprint density at radius 2 is 2.05 bits per heavy atom. The molecule has 0 unspecified atom stereocenters. The van der Waals surface area contributed by atoms with Crippen molar-refractivity contribution >= 4 is 34.8 Å². The first kappa shape index (κ1) is 13.7. The van der Waals surface area contributed by atoms with Crippen LogP contribution < -0.4 is 5.32 Å². The first-order valence-corrected chi connectivity index (χ1v) is 5.62. The van der Waals surface area contributed by atoms with Crippen molar-refractivity contribution < 1.29 is 14.8 Å². The van der Waals surface area contributed by atoms with Gasteiger partial charge in [-0.25, -0.2) is 14.8 Å². The number of nitro groups is 1. The van der Waals surface area contributed by atoms with E-state index in [4.69, 9.17) is 16.7 Å². The molecule has 0 aliphatic heterocycles. The summed E-state index contributed by atoms with van der Waals surface area (Å²) in [5, 5.41) is 22.2. The van der Waals surface area contributed by atoms with Crippen molar-refractivity contribution in [3.8, 4) is 0 Å². The summed E-state index contributed by atoms with van der Waals surface area (Å²) in [6.45, 7) is 0. The molecule has 1 aromatic heterocycles. The number of hydrogen-bond donors (Lipinski definition) is 2. The van der Waals surface area contributed by atoms with Crippen LogP contribution in [0.2, 0.25) is 5.15 Å². The topological polar surface area (TPSA) is 118 Å². The molecule has 8 nitrogen and oxygen atoms in total. The van der Waals surface area contributed by atoms with Gasteiger partial charge >= 0.3 is 11.7 Å². The minimum absolute atomic E-state index is 0.0449. The number of halogens is 1. The minimum atomic E-state index is -1.17. The Morgan fingerprint density at radius 1 is 1.35 bits per heavy atom. The molecule has 0 fully saturated rings. The maximum absolute atomic E-state index is 11.1. The van der Waals surface area contributed by atoms with Gasteiger partial charge in [-0.2, -0.15) is 0 Å². The summed E-state index contributed by atoms with van der Waals surface area (Å²) in [4.78, 5) is 28.5. The number of aromatic nitrogens is 2. The van der Waals surface area contributed by atoms with E-state index in [9.17, 15) is 14.9 Å². The minimum Gasteiger partial charge on any atom is -0.478 e. The molecule has 0 aliphatic rings. The van der Waals surface area contributed by atoms with Gasteiger partial charge in [-0.15, -0.1) is 0 Å². The molecule has 0 amide bonds. The van der Waals surface area contributed by atoms with Crippen LogP contribution in [-0.2, 0) is 0 Å². The molecule has 0 radical (unpaired) electrons. The van der Waals surface area contributed by atoms with Crippen molar-refractivity contribution in [2.24, 2.45) is 0 Å². The molecule has 0 saturated heterocycles. The summed E-state index contributed by atoms with van der Waals surface area (Å²) in [7, 11) is 0. The van der Waals surface area contributed by atoms with E-state index in [-0.39, 0.29) is 22.2 Å². The van der Waals surface area contributed by atoms with E-state index in [2.05, 4.69) is 15.3 Å². The normalized spacial score (nSPS) is 10.1. The quantitative estimate of drug-likeness (QED) is 0.505. The summed E-state index contributed by atoms with van der Waals surface area (Å²) in [6, 6.07) is 5.95. The maximum Gasteiger partial charge on any atom is 0.348 e. The number of rotatable bonds is 4. The molecule has 20 heavy (non-hydrogen) atoms. The van der Waals surface area contributed by atoms with Gasteiger partial charge in [0.2, 0.25) is 11.0 Å². The van der Waals surface area contributed by atoms with Gasteiger partial charge in [0.05, 0.1) is 16.2 Å². The highest BCUT2D eigenvalue weighted by Crippen LogP contribution is 2.31. The Kier molecular flexibility index (Phi) is 3.76. The second-order valence-electron chi connectivity index (χ2n) is 3.59. The van der Waals surface area contributed by atoms with Crippen molar-refractivity contribution in [1.29, 1.82) is 0 Å². The lowest BCUT2D eigenvalue weighted by Gasteiger charge is -2.08. The van der Waals surface area contributed by atoms with E-state index in [0.29, 0.717) is 0 Å². The van der Waals surface area contributed by atoms with Crippen LogP contribution in [-0.4, -0.2) is 26.0 Å². The summed E-state index contributed by atoms with van der Waals surface area (Å²) < 4.78 is 0. The fourth-order valence-electron chi connectivity index (χ4n) is 1.52. The van der Waals surface area contributed by atoms with E-state index in [1.807, 2.05) is 0 Å². The fourth-order valence-corrected chi connectivity index (χ4v) is 1.72. The van der Waals surface area contributed by atoms with Crippen LogP contribution in [0.15, 0.2) is 30.6 Å². The molecular weight excluding hydrogens is 288 g/mol. The van der Waals surface area contributed by atoms with Crippen LogP contribution in [0, 0.1) is 10.1 Å². The van der Waals surface area contributed by atoms with Gasteiger partial charge in [0.15, 0.2) is 0 Å². The van der Waals surface area contributed by atoms with Gasteiger partial charge in [-0.3, -0.25) is 10.1 Å². The summed E-state index contributed by atoms with van der Waals surface area (Å²) in [5.41, 5.74) is -0.399. The number of carbonyl (C=O) groups is 1. The number of nitrogens with zero attached hydrogens (tertiary/aromatic N) is 3. The lowest BCUT2D eigenvalue weighted by molar-refractivity contribution is -0.384. The van der Waals surface area contributed by atoms with E-state index in [0.717, 1.165) is 6.33 Å². The van der Waals surface area contributed by atoms with Crippen LogP contribution in [0.1, 0.15) is 10.4 Å². The SMILES string of the molecule is O=C(O)c1ccccc1Nc1ncnc(Cl)c1[N+](=O)[O-]. The predicted octanol–water partition coefficient (Wildman–Crippen LogP) is 2.48. The zero-order valence-corrected chi connectivity index (χ0v) is 10.5. The van der Waals surface area contributed by atoms with Crippen molar-refractivity contribution in [3.63, 3.8) is 0 Å². The molecule has 0 aliphatic carbocycles. The van der Waals surface area contributed by atoms with Gasteiger partial charge in [0.1, 0.15) is 6.33 Å². The lowest BCUT2D eigenvalue weighted by Crippen LogP contribution is -2.06. The molecule has 0 bridgehead atoms. The zero-order chi connectivity index (χ0) is 14.7. The number of hydrogen-bond acceptors (Lipinski definition) is 6. The fraction of sp³-hybridized carbons (Fsp3) is 0. The Hall–Kier alpha value is -2.74. The van der Waals surface area contributed by atoms with Crippen molar-refractivity contribution in [3.05, 3.63) is 51.4 Å². The van der Waals surface area contributed by atoms with Crippen molar-refractivity contribution in [2.75, 3.05) is 5.32 Å². The third-order valence-corrected chi connectivity index (χ3v) is 2.65. The summed E-state index contributed by atoms with van der Waals surface area (Å²) >= 11 is 5.64. The number of aromatic carboxylic acids is 1. The largest absolute Gasteiger partial charge is 0.478 e. The maximum atomic E-state index is 11.1. The third kappa shape index (κ3) is 2.64. The molecule has 102 valence electrons. The van der Waals surface area contributed by atoms with Crippen LogP contribution in [0.25, 0.3) is 0 Å². The third-order valence-electron chi connectivity index (χ3n) is 2.37. The van der Waals surface area contributed by atoms with Gasteiger partial charge in [0.25, 0.3) is 0 Å². The Morgan fingerprint density at radius 3 is 2.70 bits per heavy atom. The number of anilines is 2. The van der Waals surface area contributed by atoms with Crippen molar-refractivity contribution in [1.82, 2.24) is 9.97 Å². The van der Waals surface area contributed by atoms with Gasteiger partial charge < -0.3 is 10.4 Å². The van der Waals surface area contributed by atoms with Crippen LogP contribution in [0.4, 0.5) is 17.2 Å².